The number of aromatic nitrogens is 1. The van der Waals surface area contributed by atoms with Crippen LogP contribution in [0.4, 0.5) is 5.69 Å². The molecule has 1 aromatic heterocycles. The standard InChI is InChI=1S/C26H33N3O3/c1-7-21-10-8-9-18(4)25(21)28-24(30)16-32-26(31)23(15-27)14-22-13-19(5)29(20(22)6)12-11-17(2)3/h8-10,13-14,17H,7,11-12,16H2,1-6H3,(H,28,30). The van der Waals surface area contributed by atoms with Crippen molar-refractivity contribution in [3.8, 4) is 6.07 Å². The molecule has 170 valence electrons. The number of hydrogen-bond donors (Lipinski definition) is 1. The van der Waals surface area contributed by atoms with Crippen LogP contribution in [0, 0.1) is 38.0 Å². The Labute approximate surface area is 190 Å². The van der Waals surface area contributed by atoms with E-state index in [0.29, 0.717) is 5.92 Å². The largest absolute Gasteiger partial charge is 0.451 e. The van der Waals surface area contributed by atoms with Crippen LogP contribution in [0.5, 0.6) is 0 Å². The molecule has 0 aliphatic rings. The molecule has 0 saturated heterocycles. The Balaban J connectivity index is 2.08. The zero-order valence-electron chi connectivity index (χ0n) is 19.9. The molecular formula is C26H33N3O3. The average molecular weight is 436 g/mol. The topological polar surface area (TPSA) is 84.1 Å². The lowest BCUT2D eigenvalue weighted by Gasteiger charge is -2.13. The van der Waals surface area contributed by atoms with Gasteiger partial charge in [-0.1, -0.05) is 39.0 Å². The minimum atomic E-state index is -0.810. The summed E-state index contributed by atoms with van der Waals surface area (Å²) in [6.45, 7) is 12.7. The van der Waals surface area contributed by atoms with E-state index in [1.54, 1.807) is 0 Å². The summed E-state index contributed by atoms with van der Waals surface area (Å²) in [6, 6.07) is 9.66. The smallest absolute Gasteiger partial charge is 0.349 e. The lowest BCUT2D eigenvalue weighted by Crippen LogP contribution is -2.22. The SMILES string of the molecule is CCc1cccc(C)c1NC(=O)COC(=O)C(C#N)=Cc1cc(C)n(CCC(C)C)c1C. The van der Waals surface area contributed by atoms with E-state index in [0.717, 1.165) is 53.2 Å². The van der Waals surface area contributed by atoms with Crippen LogP contribution in [0.1, 0.15) is 55.3 Å². The predicted octanol–water partition coefficient (Wildman–Crippen LogP) is 5.11. The lowest BCUT2D eigenvalue weighted by molar-refractivity contribution is -0.142. The van der Waals surface area contributed by atoms with E-state index in [-0.39, 0.29) is 5.57 Å². The molecule has 6 heteroatoms. The average Bonchev–Trinajstić information content (AvgIpc) is 3.02. The maximum atomic E-state index is 12.4. The molecule has 6 nitrogen and oxygen atoms in total. The van der Waals surface area contributed by atoms with E-state index in [9.17, 15) is 14.9 Å². The molecule has 2 rings (SSSR count). The number of amides is 1. The molecule has 1 N–H and O–H groups in total. The van der Waals surface area contributed by atoms with Gasteiger partial charge in [-0.15, -0.1) is 0 Å². The summed E-state index contributed by atoms with van der Waals surface area (Å²) in [4.78, 5) is 24.8. The molecule has 32 heavy (non-hydrogen) atoms. The number of hydrogen-bond acceptors (Lipinski definition) is 4. The maximum Gasteiger partial charge on any atom is 0.349 e. The van der Waals surface area contributed by atoms with Crippen molar-refractivity contribution in [1.82, 2.24) is 4.57 Å². The first-order valence-electron chi connectivity index (χ1n) is 11.0. The molecule has 0 saturated carbocycles. The number of anilines is 1. The molecular weight excluding hydrogens is 402 g/mol. The van der Waals surface area contributed by atoms with Gasteiger partial charge in [-0.05, 0) is 68.4 Å². The number of esters is 1. The van der Waals surface area contributed by atoms with Gasteiger partial charge in [-0.25, -0.2) is 4.79 Å². The quantitative estimate of drug-likeness (QED) is 0.337. The molecule has 2 aromatic rings. The second-order valence-corrected chi connectivity index (χ2v) is 8.42. The first-order chi connectivity index (χ1) is 15.2. The van der Waals surface area contributed by atoms with Gasteiger partial charge in [0, 0.05) is 23.6 Å². The van der Waals surface area contributed by atoms with Gasteiger partial charge in [0.2, 0.25) is 0 Å². The number of rotatable bonds is 9. The molecule has 1 heterocycles. The third-order valence-corrected chi connectivity index (χ3v) is 5.52. The van der Waals surface area contributed by atoms with Crippen LogP contribution >= 0.6 is 0 Å². The summed E-state index contributed by atoms with van der Waals surface area (Å²) < 4.78 is 7.31. The van der Waals surface area contributed by atoms with Crippen LogP contribution in [0.15, 0.2) is 29.8 Å². The van der Waals surface area contributed by atoms with Crippen LogP contribution in [-0.2, 0) is 27.3 Å². The summed E-state index contributed by atoms with van der Waals surface area (Å²) in [6.07, 6.45) is 3.35. The van der Waals surface area contributed by atoms with Crippen LogP contribution < -0.4 is 5.32 Å². The van der Waals surface area contributed by atoms with E-state index in [4.69, 9.17) is 4.74 Å². The summed E-state index contributed by atoms with van der Waals surface area (Å²) in [5.74, 6) is -0.666. The van der Waals surface area contributed by atoms with E-state index in [2.05, 4.69) is 23.7 Å². The molecule has 0 aliphatic carbocycles. The number of aryl methyl sites for hydroxylation is 3. The number of nitrogens with zero attached hydrogens (tertiary/aromatic N) is 2. The van der Waals surface area contributed by atoms with Gasteiger partial charge in [0.25, 0.3) is 5.91 Å². The number of carbonyl (C=O) groups is 2. The fourth-order valence-electron chi connectivity index (χ4n) is 3.58. The van der Waals surface area contributed by atoms with E-state index < -0.39 is 18.5 Å². The van der Waals surface area contributed by atoms with Gasteiger partial charge >= 0.3 is 5.97 Å². The van der Waals surface area contributed by atoms with E-state index >= 15 is 0 Å². The van der Waals surface area contributed by atoms with Crippen molar-refractivity contribution in [2.75, 3.05) is 11.9 Å². The molecule has 0 atom stereocenters. The van der Waals surface area contributed by atoms with Crippen LogP contribution in [0.2, 0.25) is 0 Å². The van der Waals surface area contributed by atoms with Gasteiger partial charge in [0.05, 0.1) is 0 Å². The molecule has 0 spiro atoms. The number of para-hydroxylation sites is 1. The molecule has 0 radical (unpaired) electrons. The van der Waals surface area contributed by atoms with Crippen LogP contribution in [0.25, 0.3) is 6.08 Å². The second kappa shape index (κ2) is 11.3. The van der Waals surface area contributed by atoms with Gasteiger partial charge in [-0.2, -0.15) is 5.26 Å². The number of nitrogens with one attached hydrogen (secondary N) is 1. The zero-order valence-corrected chi connectivity index (χ0v) is 19.9. The van der Waals surface area contributed by atoms with Crippen molar-refractivity contribution in [3.05, 3.63) is 57.9 Å². The highest BCUT2D eigenvalue weighted by Crippen LogP contribution is 2.22. The van der Waals surface area contributed by atoms with Crippen molar-refractivity contribution in [2.45, 2.75) is 60.9 Å². The Morgan fingerprint density at radius 1 is 1.25 bits per heavy atom. The van der Waals surface area contributed by atoms with Crippen molar-refractivity contribution >= 4 is 23.6 Å². The summed E-state index contributed by atoms with van der Waals surface area (Å²) in [5.41, 5.74) is 5.42. The molecule has 1 aromatic carbocycles. The molecule has 1 amide bonds. The third-order valence-electron chi connectivity index (χ3n) is 5.52. The number of nitriles is 1. The summed E-state index contributed by atoms with van der Waals surface area (Å²) in [7, 11) is 0. The van der Waals surface area contributed by atoms with Crippen molar-refractivity contribution in [2.24, 2.45) is 5.92 Å². The minimum Gasteiger partial charge on any atom is -0.451 e. The molecule has 0 bridgehead atoms. The number of ether oxygens (including phenoxy) is 1. The van der Waals surface area contributed by atoms with Crippen LogP contribution in [0.3, 0.4) is 0 Å². The lowest BCUT2D eigenvalue weighted by atomic mass is 10.1. The highest BCUT2D eigenvalue weighted by molar-refractivity contribution is 6.00. The Hall–Kier alpha value is -3.33. The highest BCUT2D eigenvalue weighted by Gasteiger charge is 2.16. The molecule has 0 unspecified atom stereocenters. The fraction of sp³-hybridized carbons (Fsp3) is 0.423. The Morgan fingerprint density at radius 2 is 1.97 bits per heavy atom. The molecule has 0 fully saturated rings. The zero-order chi connectivity index (χ0) is 23.8. The van der Waals surface area contributed by atoms with Gasteiger partial charge in [-0.3, -0.25) is 4.79 Å². The minimum absolute atomic E-state index is 0.132. The van der Waals surface area contributed by atoms with Crippen molar-refractivity contribution in [1.29, 1.82) is 5.26 Å². The van der Waals surface area contributed by atoms with Gasteiger partial charge in [0.15, 0.2) is 6.61 Å². The molecule has 0 aliphatic heterocycles. The van der Waals surface area contributed by atoms with Gasteiger partial charge < -0.3 is 14.6 Å². The van der Waals surface area contributed by atoms with Crippen molar-refractivity contribution < 1.29 is 14.3 Å². The first-order valence-corrected chi connectivity index (χ1v) is 11.0. The fourth-order valence-corrected chi connectivity index (χ4v) is 3.58. The number of carbonyl (C=O) groups excluding carboxylic acids is 2. The monoisotopic (exact) mass is 435 g/mol. The highest BCUT2D eigenvalue weighted by atomic mass is 16.5. The maximum absolute atomic E-state index is 12.4. The Morgan fingerprint density at radius 3 is 2.59 bits per heavy atom. The Kier molecular flexibility index (Phi) is 8.83. The first kappa shape index (κ1) is 24.9. The second-order valence-electron chi connectivity index (χ2n) is 8.42. The normalized spacial score (nSPS) is 11.4. The third kappa shape index (κ3) is 6.34. The Bertz CT molecular complexity index is 1050. The predicted molar refractivity (Wildman–Crippen MR) is 127 cm³/mol. The summed E-state index contributed by atoms with van der Waals surface area (Å²) in [5, 5.41) is 12.3. The van der Waals surface area contributed by atoms with E-state index in [1.807, 2.05) is 58.0 Å². The summed E-state index contributed by atoms with van der Waals surface area (Å²) >= 11 is 0. The van der Waals surface area contributed by atoms with E-state index in [1.165, 1.54) is 6.08 Å². The number of benzene rings is 1. The van der Waals surface area contributed by atoms with Gasteiger partial charge in [0.1, 0.15) is 11.6 Å². The van der Waals surface area contributed by atoms with Crippen molar-refractivity contribution in [3.63, 3.8) is 0 Å². The van der Waals surface area contributed by atoms with Crippen LogP contribution in [-0.4, -0.2) is 23.1 Å².